The first-order chi connectivity index (χ1) is 36.3. The number of anilines is 3. The van der Waals surface area contributed by atoms with E-state index in [1.54, 1.807) is 46.0 Å². The minimum Gasteiger partial charge on any atom is -1.00 e. The molecule has 0 radical (unpaired) electrons. The number of hydrogen-bond acceptors (Lipinski definition) is 19. The van der Waals surface area contributed by atoms with Crippen LogP contribution in [0.2, 0.25) is 0 Å². The number of carbonyl (C=O) groups is 2. The quantitative estimate of drug-likeness (QED) is 0.0340. The van der Waals surface area contributed by atoms with Crippen LogP contribution in [-0.4, -0.2) is 175 Å². The third-order valence-corrected chi connectivity index (χ3v) is 13.9. The Morgan fingerprint density at radius 3 is 1.46 bits per heavy atom. The minimum absolute atomic E-state index is 0. The van der Waals surface area contributed by atoms with Gasteiger partial charge in [-0.1, -0.05) is 81.1 Å². The lowest BCUT2D eigenvalue weighted by Crippen LogP contribution is -3.00. The van der Waals surface area contributed by atoms with Crippen molar-refractivity contribution in [2.24, 2.45) is 23.3 Å². The molecule has 2 aliphatic heterocycles. The molecule has 5 heterocycles. The first-order valence-electron chi connectivity index (χ1n) is 26.0. The van der Waals surface area contributed by atoms with E-state index in [-0.39, 0.29) is 54.2 Å². The fraction of sp³-hybridized carbons (Fsp3) is 0.558. The summed E-state index contributed by atoms with van der Waals surface area (Å²) in [6.07, 6.45) is 11.3. The normalized spacial score (nSPS) is 16.3. The fourth-order valence-corrected chi connectivity index (χ4v) is 9.00. The first-order valence-corrected chi connectivity index (χ1v) is 26.0. The Hall–Kier alpha value is -6.68. The Kier molecular flexibility index (Phi) is 22.4. The van der Waals surface area contributed by atoms with E-state index in [4.69, 9.17) is 47.1 Å². The second-order valence-corrected chi connectivity index (χ2v) is 19.2. The van der Waals surface area contributed by atoms with E-state index in [0.717, 1.165) is 24.0 Å². The highest BCUT2D eigenvalue weighted by molar-refractivity contribution is 5.81. The van der Waals surface area contributed by atoms with Crippen LogP contribution in [0.1, 0.15) is 87.2 Å². The third kappa shape index (κ3) is 15.9. The van der Waals surface area contributed by atoms with Gasteiger partial charge in [-0.3, -0.25) is 9.59 Å². The zero-order chi connectivity index (χ0) is 53.3. The van der Waals surface area contributed by atoms with E-state index in [2.05, 4.69) is 55.5 Å². The summed E-state index contributed by atoms with van der Waals surface area (Å²) in [5.74, 6) is 3.95. The molecule has 0 bridgehead atoms. The number of nitrogens with zero attached hydrogens (tertiary/aromatic N) is 13. The molecule has 6 atom stereocenters. The van der Waals surface area contributed by atoms with E-state index < -0.39 is 24.2 Å². The predicted octanol–water partition coefficient (Wildman–Crippen LogP) is -0.0783. The van der Waals surface area contributed by atoms with Crippen LogP contribution in [0.5, 0.6) is 11.5 Å². The average molecular weight is 1070 g/mol. The van der Waals surface area contributed by atoms with Gasteiger partial charge in [0.15, 0.2) is 0 Å². The van der Waals surface area contributed by atoms with Gasteiger partial charge in [-0.2, -0.15) is 15.0 Å². The number of benzene rings is 2. The van der Waals surface area contributed by atoms with Crippen molar-refractivity contribution in [2.75, 3.05) is 114 Å². The summed E-state index contributed by atoms with van der Waals surface area (Å²) in [6, 6.07) is 11.7. The number of hydrogen-bond donors (Lipinski definition) is 5. The lowest BCUT2D eigenvalue weighted by molar-refractivity contribution is -0.137. The Balaban J connectivity index is 0.00000937. The van der Waals surface area contributed by atoms with Crippen molar-refractivity contribution in [3.05, 3.63) is 83.4 Å². The largest absolute Gasteiger partial charge is 1.00 e. The summed E-state index contributed by atoms with van der Waals surface area (Å²) in [6.45, 7) is 14.5. The van der Waals surface area contributed by atoms with E-state index in [1.807, 2.05) is 47.9 Å². The highest BCUT2D eigenvalue weighted by Gasteiger charge is 2.36. The van der Waals surface area contributed by atoms with Gasteiger partial charge in [0.25, 0.3) is 0 Å². The number of ether oxygens (including phenoxy) is 3. The van der Waals surface area contributed by atoms with E-state index in [0.29, 0.717) is 134 Å². The van der Waals surface area contributed by atoms with Crippen LogP contribution in [0.25, 0.3) is 0 Å². The van der Waals surface area contributed by atoms with Gasteiger partial charge in [0.05, 0.1) is 68.9 Å². The number of nitrogens with one attached hydrogen (secondary N) is 1. The van der Waals surface area contributed by atoms with Crippen LogP contribution in [-0.2, 0) is 36.6 Å². The van der Waals surface area contributed by atoms with E-state index >= 15 is 0 Å². The maximum Gasteiger partial charge on any atom is 0.247 e. The van der Waals surface area contributed by atoms with E-state index in [9.17, 15) is 19.8 Å². The third-order valence-electron chi connectivity index (χ3n) is 13.9. The van der Waals surface area contributed by atoms with Crippen molar-refractivity contribution in [3.63, 3.8) is 0 Å². The highest BCUT2D eigenvalue weighted by Crippen LogP contribution is 2.29. The molecule has 0 spiro atoms. The highest BCUT2D eigenvalue weighted by atomic mass is 35.5. The van der Waals surface area contributed by atoms with Gasteiger partial charge in [-0.25, -0.2) is 9.36 Å². The molecule has 5 aromatic rings. The maximum atomic E-state index is 14.4. The Morgan fingerprint density at radius 2 is 1.05 bits per heavy atom. The topological polar surface area (TPSA) is 279 Å². The molecule has 0 aliphatic carbocycles. The molecule has 2 aromatic carbocycles. The number of aromatic nitrogens is 9. The van der Waals surface area contributed by atoms with Crippen molar-refractivity contribution in [2.45, 2.75) is 77.5 Å². The number of aromatic hydroxyl groups is 2. The molecular weight excluding hydrogens is 996 g/mol. The number of piperazine rings is 2. The Bertz CT molecular complexity index is 2450. The summed E-state index contributed by atoms with van der Waals surface area (Å²) >= 11 is 0. The molecule has 3 aromatic heterocycles. The number of halogens is 1. The second kappa shape index (κ2) is 29.0. The molecule has 2 amide bonds. The van der Waals surface area contributed by atoms with E-state index in [1.165, 1.54) is 0 Å². The summed E-state index contributed by atoms with van der Waals surface area (Å²) in [4.78, 5) is 51.4. The molecule has 2 aliphatic rings. The molecule has 2 fully saturated rings. The monoisotopic (exact) mass is 1070 g/mol. The van der Waals surface area contributed by atoms with Gasteiger partial charge in [0.2, 0.25) is 29.7 Å². The number of carbonyl (C=O) groups excluding carboxylic acids is 2. The van der Waals surface area contributed by atoms with Gasteiger partial charge in [-0.05, 0) is 60.1 Å². The number of nitrogens with two attached hydrogens (primary N) is 2. The molecule has 2 saturated heterocycles. The van der Waals surface area contributed by atoms with Crippen LogP contribution in [0.15, 0.2) is 60.9 Å². The van der Waals surface area contributed by atoms with Gasteiger partial charge in [0, 0.05) is 58.9 Å². The number of terminal acetylenes is 1. The summed E-state index contributed by atoms with van der Waals surface area (Å²) in [7, 11) is 0. The Labute approximate surface area is 451 Å². The van der Waals surface area contributed by atoms with Gasteiger partial charge >= 0.3 is 0 Å². The standard InChI is InChI=1S/C52H74N16O7.ClH/c1-6-26-73-28-30-75-31-29-74-27-17-55-50-56-51(65-22-18-63(19-23-65)48(71)46(36(4)7-2)67-34-44(59-61-67)42(53)32-38-9-13-40(69)14-10-38)58-52(57-50)66-24-20-64(21-25-66)49(72)47(37(5)8-3)68-35-45(60-62-68)43(54)33-39-11-15-41(70)16-12-39;/h1,9-16,34-37,42-43,46-47,69-70H,7-8,17-33,53-54H2,2-5H3,(H,55,56,57,58);1H/p-1/t36-,37-,42-,43-,46-,47-;/m0./s1. The molecule has 24 heteroatoms. The second-order valence-electron chi connectivity index (χ2n) is 19.2. The lowest BCUT2D eigenvalue weighted by atomic mass is 9.97. The van der Waals surface area contributed by atoms with Crippen LogP contribution < -0.4 is 39.0 Å². The predicted molar refractivity (Wildman–Crippen MR) is 282 cm³/mol. The summed E-state index contributed by atoms with van der Waals surface area (Å²) in [5.41, 5.74) is 16.2. The minimum atomic E-state index is -0.578. The average Bonchev–Trinajstić information content (AvgIpc) is 4.13. The molecule has 412 valence electrons. The van der Waals surface area contributed by atoms with Gasteiger partial charge in [-0.15, -0.1) is 16.6 Å². The first kappa shape index (κ1) is 58.6. The Morgan fingerprint density at radius 1 is 0.645 bits per heavy atom. The number of amides is 2. The van der Waals surface area contributed by atoms with Crippen molar-refractivity contribution < 1.29 is 46.4 Å². The molecule has 7 rings (SSSR count). The zero-order valence-electron chi connectivity index (χ0n) is 44.0. The molecule has 76 heavy (non-hydrogen) atoms. The van der Waals surface area contributed by atoms with Crippen molar-refractivity contribution in [1.29, 1.82) is 0 Å². The van der Waals surface area contributed by atoms with Crippen LogP contribution >= 0.6 is 0 Å². The number of phenols is 2. The number of rotatable bonds is 27. The van der Waals surface area contributed by atoms with Crippen LogP contribution in [0, 0.1) is 24.2 Å². The zero-order valence-corrected chi connectivity index (χ0v) is 44.8. The fourth-order valence-electron chi connectivity index (χ4n) is 9.00. The lowest BCUT2D eigenvalue weighted by Gasteiger charge is -2.38. The van der Waals surface area contributed by atoms with Crippen LogP contribution in [0.4, 0.5) is 17.8 Å². The SMILES string of the molecule is C#CCOCCOCCOCCNc1nc(N2CCN(C(=O)[C@H]([C@@H](C)CC)n3cc([C@@H](N)Cc4ccc(O)cc4)nn3)CC2)nc(N2CCN(C(=O)[C@H]([C@@H](C)CC)n3cc([C@@H](N)Cc4ccc(O)cc4)nn3)CC2)n1.[Cl-]. The molecule has 0 unspecified atom stereocenters. The summed E-state index contributed by atoms with van der Waals surface area (Å²) in [5, 5.41) is 40.4. The summed E-state index contributed by atoms with van der Waals surface area (Å²) < 4.78 is 19.9. The molecule has 0 saturated carbocycles. The molecular formula is C52H74ClN16O7-. The van der Waals surface area contributed by atoms with Crippen LogP contribution in [0.3, 0.4) is 0 Å². The molecule has 23 nitrogen and oxygen atoms in total. The smallest absolute Gasteiger partial charge is 0.247 e. The van der Waals surface area contributed by atoms with Gasteiger partial charge < -0.3 is 73.2 Å². The number of phenolic OH excluding ortho intramolecular Hbond substituents is 2. The maximum absolute atomic E-state index is 14.4. The van der Waals surface area contributed by atoms with Crippen molar-refractivity contribution in [1.82, 2.24) is 54.7 Å². The van der Waals surface area contributed by atoms with Crippen molar-refractivity contribution in [3.8, 4) is 23.8 Å². The molecule has 7 N–H and O–H groups in total. The van der Waals surface area contributed by atoms with Crippen molar-refractivity contribution >= 4 is 29.7 Å². The van der Waals surface area contributed by atoms with Gasteiger partial charge in [0.1, 0.15) is 30.2 Å².